The number of carbonyl (C=O) groups excluding carboxylic acids is 2. The summed E-state index contributed by atoms with van der Waals surface area (Å²) in [5.74, 6) is -3.19. The molecule has 2 N–H and O–H groups in total. The lowest BCUT2D eigenvalue weighted by molar-refractivity contribution is -0.490. The number of fused-ring (bicyclic) bond motifs is 8. The molecule has 0 bridgehead atoms. The van der Waals surface area contributed by atoms with Crippen molar-refractivity contribution in [3.63, 3.8) is 0 Å². The van der Waals surface area contributed by atoms with E-state index in [0.717, 1.165) is 32.1 Å². The number of cyclic esters (lactones) is 1. The summed E-state index contributed by atoms with van der Waals surface area (Å²) < 4.78 is 32.2. The van der Waals surface area contributed by atoms with Crippen LogP contribution >= 0.6 is 11.8 Å². The molecule has 12 heteroatoms. The standard InChI is InChI=1S/C38H48N2O9S/c1-22-18-37(40-15-16-50-37)38(44)34(3,47-22)48-29-17-24-6-7-26-25(10-12-33(2)27(11-13-36(26,33)43)28-8-9-31(41)46-28)35(24,19-30(29)49-38)21-45-32(42)23-5-4-14-39-20-23/h4-5,8-9,14-15,20,22,24-30,43-44H,6-7,10-13,16-19,21H2,1-3H3. The van der Waals surface area contributed by atoms with Crippen LogP contribution in [0.15, 0.2) is 41.7 Å². The van der Waals surface area contributed by atoms with E-state index in [9.17, 15) is 19.8 Å². The summed E-state index contributed by atoms with van der Waals surface area (Å²) in [6, 6.07) is 3.43. The van der Waals surface area contributed by atoms with E-state index < -0.39 is 44.9 Å². The second-order valence-electron chi connectivity index (χ2n) is 16.7. The summed E-state index contributed by atoms with van der Waals surface area (Å²) in [4.78, 5) is 33.6. The summed E-state index contributed by atoms with van der Waals surface area (Å²) in [5, 5.41) is 25.5. The highest BCUT2D eigenvalue weighted by Crippen LogP contribution is 2.71. The number of pyridine rings is 1. The molecule has 270 valence electrons. The molecule has 1 aromatic rings. The molecule has 8 aliphatic rings. The summed E-state index contributed by atoms with van der Waals surface area (Å²) in [6.45, 7) is 6.13. The van der Waals surface area contributed by atoms with Crippen molar-refractivity contribution in [1.29, 1.82) is 0 Å². The number of carbonyl (C=O) groups is 2. The topological polar surface area (TPSA) is 146 Å². The first-order valence-electron chi connectivity index (χ1n) is 18.5. The maximum absolute atomic E-state index is 13.5. The fourth-order valence-corrected chi connectivity index (χ4v) is 13.7. The molecule has 4 aliphatic heterocycles. The number of hydrogen-bond acceptors (Lipinski definition) is 12. The lowest BCUT2D eigenvalue weighted by Gasteiger charge is -2.67. The van der Waals surface area contributed by atoms with Crippen molar-refractivity contribution >= 4 is 29.9 Å². The molecule has 5 heterocycles. The predicted octanol–water partition coefficient (Wildman–Crippen LogP) is 4.60. The smallest absolute Gasteiger partial charge is 0.339 e. The Bertz CT molecular complexity index is 1630. The molecule has 2 saturated heterocycles. The van der Waals surface area contributed by atoms with Crippen molar-refractivity contribution in [2.24, 2.45) is 39.5 Å². The largest absolute Gasteiger partial charge is 0.461 e. The van der Waals surface area contributed by atoms with E-state index in [1.807, 2.05) is 19.2 Å². The van der Waals surface area contributed by atoms with Gasteiger partial charge in [-0.25, -0.2) is 9.59 Å². The fraction of sp³-hybridized carbons (Fsp3) is 0.737. The number of esters is 2. The van der Waals surface area contributed by atoms with Crippen LogP contribution in [0.5, 0.6) is 0 Å². The molecule has 50 heavy (non-hydrogen) atoms. The van der Waals surface area contributed by atoms with E-state index in [1.54, 1.807) is 37.0 Å². The van der Waals surface area contributed by atoms with Gasteiger partial charge in [-0.05, 0) is 101 Å². The lowest BCUT2D eigenvalue weighted by Crippen LogP contribution is -2.78. The molecular formula is C38H48N2O9S. The number of aliphatic hydroxyl groups is 2. The normalized spacial score (nSPS) is 51.7. The first-order chi connectivity index (χ1) is 23.9. The Morgan fingerprint density at radius 3 is 2.62 bits per heavy atom. The third-order valence-electron chi connectivity index (χ3n) is 14.6. The van der Waals surface area contributed by atoms with Crippen molar-refractivity contribution in [3.8, 4) is 0 Å². The molecule has 0 amide bonds. The number of rotatable bonds is 4. The Labute approximate surface area is 296 Å². The average molecular weight is 709 g/mol. The number of hydrogen-bond donors (Lipinski definition) is 2. The van der Waals surface area contributed by atoms with Gasteiger partial charge in [-0.2, -0.15) is 0 Å². The molecule has 1 spiro atoms. The molecule has 4 aliphatic carbocycles. The molecule has 14 unspecified atom stereocenters. The van der Waals surface area contributed by atoms with Crippen LogP contribution in [0.1, 0.15) is 88.9 Å². The lowest BCUT2D eigenvalue weighted by atomic mass is 9.42. The summed E-state index contributed by atoms with van der Waals surface area (Å²) in [7, 11) is 0. The third-order valence-corrected chi connectivity index (χ3v) is 15.9. The van der Waals surface area contributed by atoms with E-state index in [2.05, 4.69) is 11.9 Å². The van der Waals surface area contributed by atoms with Crippen LogP contribution in [0, 0.1) is 34.5 Å². The summed E-state index contributed by atoms with van der Waals surface area (Å²) >= 11 is 1.56. The number of aliphatic imine (C=N–C) groups is 1. The highest BCUT2D eigenvalue weighted by molar-refractivity contribution is 8.01. The van der Waals surface area contributed by atoms with Crippen molar-refractivity contribution in [3.05, 3.63) is 42.2 Å². The molecule has 11 nitrogen and oxygen atoms in total. The molecule has 0 radical (unpaired) electrons. The van der Waals surface area contributed by atoms with Crippen LogP contribution in [0.4, 0.5) is 0 Å². The molecule has 0 aromatic carbocycles. The Kier molecular flexibility index (Phi) is 7.58. The number of aromatic nitrogens is 1. The fourth-order valence-electron chi connectivity index (χ4n) is 12.3. The Hall–Kier alpha value is -2.35. The van der Waals surface area contributed by atoms with Crippen LogP contribution in [-0.2, 0) is 28.5 Å². The minimum Gasteiger partial charge on any atom is -0.461 e. The monoisotopic (exact) mass is 708 g/mol. The number of thioether (sulfide) groups is 1. The van der Waals surface area contributed by atoms with Gasteiger partial charge in [0.25, 0.3) is 5.79 Å². The second kappa shape index (κ2) is 11.3. The molecule has 9 rings (SSSR count). The minimum atomic E-state index is -1.84. The Morgan fingerprint density at radius 1 is 1.04 bits per heavy atom. The highest BCUT2D eigenvalue weighted by atomic mass is 32.2. The third kappa shape index (κ3) is 4.47. The van der Waals surface area contributed by atoms with Gasteiger partial charge in [0.1, 0.15) is 6.10 Å². The van der Waals surface area contributed by atoms with Gasteiger partial charge in [0.05, 0.1) is 36.1 Å². The predicted molar refractivity (Wildman–Crippen MR) is 182 cm³/mol. The van der Waals surface area contributed by atoms with Crippen LogP contribution in [0.3, 0.4) is 0 Å². The van der Waals surface area contributed by atoms with Crippen molar-refractivity contribution in [2.75, 3.05) is 12.4 Å². The molecule has 4 saturated carbocycles. The minimum absolute atomic E-state index is 0.0281. The zero-order valence-corrected chi connectivity index (χ0v) is 29.8. The van der Waals surface area contributed by atoms with E-state index in [0.29, 0.717) is 37.0 Å². The van der Waals surface area contributed by atoms with Gasteiger partial charge >= 0.3 is 11.9 Å². The maximum Gasteiger partial charge on any atom is 0.339 e. The van der Waals surface area contributed by atoms with Gasteiger partial charge < -0.3 is 33.9 Å². The second-order valence-corrected chi connectivity index (χ2v) is 18.0. The van der Waals surface area contributed by atoms with Gasteiger partial charge in [-0.1, -0.05) is 6.92 Å². The highest BCUT2D eigenvalue weighted by Gasteiger charge is 2.76. The van der Waals surface area contributed by atoms with E-state index in [-0.39, 0.29) is 54.6 Å². The Balaban J connectivity index is 1.07. The van der Waals surface area contributed by atoms with Crippen LogP contribution < -0.4 is 0 Å². The molecule has 6 fully saturated rings. The summed E-state index contributed by atoms with van der Waals surface area (Å²) in [6.07, 6.45) is 13.3. The molecule has 1 aromatic heterocycles. The Morgan fingerprint density at radius 2 is 1.88 bits per heavy atom. The molecule has 14 atom stereocenters. The van der Waals surface area contributed by atoms with E-state index in [1.165, 1.54) is 12.3 Å². The SMILES string of the molecule is CC1CC2(N=CCS2)C2(O)OC3CC4(COC(=O)c5cccnc5)C(CCC5C4CCC4(C)C(C6C=CC(=O)O6)CCC54O)CC3OC2(C)O1. The van der Waals surface area contributed by atoms with Gasteiger partial charge in [0, 0.05) is 53.6 Å². The van der Waals surface area contributed by atoms with Gasteiger partial charge in [0.15, 0.2) is 4.87 Å². The van der Waals surface area contributed by atoms with Crippen LogP contribution in [0.2, 0.25) is 0 Å². The van der Waals surface area contributed by atoms with Crippen LogP contribution in [0.25, 0.3) is 0 Å². The number of ether oxygens (including phenoxy) is 5. The van der Waals surface area contributed by atoms with Crippen LogP contribution in [-0.4, -0.2) is 92.2 Å². The first-order valence-corrected chi connectivity index (χ1v) is 19.5. The van der Waals surface area contributed by atoms with E-state index >= 15 is 0 Å². The van der Waals surface area contributed by atoms with Crippen molar-refractivity contribution < 1.29 is 43.5 Å². The van der Waals surface area contributed by atoms with Gasteiger partial charge in [-0.3, -0.25) is 9.98 Å². The molecular weight excluding hydrogens is 660 g/mol. The number of nitrogens with zero attached hydrogens (tertiary/aromatic N) is 2. The van der Waals surface area contributed by atoms with Crippen molar-refractivity contribution in [1.82, 2.24) is 4.98 Å². The zero-order chi connectivity index (χ0) is 34.7. The first kappa shape index (κ1) is 33.5. The van der Waals surface area contributed by atoms with E-state index in [4.69, 9.17) is 28.7 Å². The van der Waals surface area contributed by atoms with Gasteiger partial charge in [-0.15, -0.1) is 11.8 Å². The quantitative estimate of drug-likeness (QED) is 0.335. The maximum atomic E-state index is 13.5. The van der Waals surface area contributed by atoms with Crippen molar-refractivity contribution in [2.45, 2.75) is 125 Å². The zero-order valence-electron chi connectivity index (χ0n) is 29.0. The average Bonchev–Trinajstić information content (AvgIpc) is 3.81. The summed E-state index contributed by atoms with van der Waals surface area (Å²) in [5.41, 5.74) is -1.55. The van der Waals surface area contributed by atoms with Gasteiger partial charge in [0.2, 0.25) is 5.79 Å².